The molecule has 0 saturated carbocycles. The number of benzene rings is 2. The third-order valence-electron chi connectivity index (χ3n) is 4.03. The average molecular weight is 347 g/mol. The average Bonchev–Trinajstić information content (AvgIpc) is 2.68. The van der Waals surface area contributed by atoms with E-state index in [0.717, 1.165) is 35.0 Å². The maximum absolute atomic E-state index is 12.7. The van der Waals surface area contributed by atoms with Gasteiger partial charge in [-0.25, -0.2) is 5.43 Å². The zero-order valence-electron chi connectivity index (χ0n) is 14.9. The Hall–Kier alpha value is -3.21. The molecule has 0 aliphatic rings. The molecule has 0 spiro atoms. The Morgan fingerprint density at radius 1 is 1.19 bits per heavy atom. The van der Waals surface area contributed by atoms with Crippen LogP contribution >= 0.6 is 0 Å². The molecule has 0 unspecified atom stereocenters. The standard InChI is InChI=1S/C21H21N3O2/c1-3-8-16-13-18(17-10-5-6-11-19(17)23-16)21(25)24-22-14-15-9-4-7-12-20(15)26-2/h4-7,9-14H,3,8H2,1-2H3,(H,24,25)/b22-14+. The quantitative estimate of drug-likeness (QED) is 0.542. The Kier molecular flexibility index (Phi) is 5.59. The SMILES string of the molecule is CCCc1cc(C(=O)N/N=C/c2ccccc2OC)c2ccccc2n1. The van der Waals surface area contributed by atoms with Crippen LogP contribution in [0.25, 0.3) is 10.9 Å². The minimum absolute atomic E-state index is 0.257. The number of nitrogens with zero attached hydrogens (tertiary/aromatic N) is 2. The number of amides is 1. The highest BCUT2D eigenvalue weighted by atomic mass is 16.5. The number of para-hydroxylation sites is 2. The number of pyridine rings is 1. The summed E-state index contributed by atoms with van der Waals surface area (Å²) in [7, 11) is 1.60. The summed E-state index contributed by atoms with van der Waals surface area (Å²) in [6, 6.07) is 17.0. The molecule has 0 radical (unpaired) electrons. The fourth-order valence-corrected chi connectivity index (χ4v) is 2.80. The molecule has 1 heterocycles. The molecule has 0 aliphatic heterocycles. The Morgan fingerprint density at radius 2 is 1.96 bits per heavy atom. The van der Waals surface area contributed by atoms with E-state index >= 15 is 0 Å². The zero-order valence-corrected chi connectivity index (χ0v) is 14.9. The molecule has 0 atom stereocenters. The number of ether oxygens (including phenoxy) is 1. The Balaban J connectivity index is 1.86. The van der Waals surface area contributed by atoms with E-state index in [0.29, 0.717) is 11.3 Å². The smallest absolute Gasteiger partial charge is 0.272 e. The molecule has 3 rings (SSSR count). The molecule has 0 aliphatic carbocycles. The number of rotatable bonds is 6. The van der Waals surface area contributed by atoms with Gasteiger partial charge in [-0.05, 0) is 30.7 Å². The number of aromatic nitrogens is 1. The number of hydrazone groups is 1. The fourth-order valence-electron chi connectivity index (χ4n) is 2.80. The largest absolute Gasteiger partial charge is 0.496 e. The molecule has 1 aromatic heterocycles. The van der Waals surface area contributed by atoms with E-state index in [2.05, 4.69) is 22.4 Å². The van der Waals surface area contributed by atoms with Crippen molar-refractivity contribution >= 4 is 23.0 Å². The Bertz CT molecular complexity index is 951. The highest BCUT2D eigenvalue weighted by Gasteiger charge is 2.12. The van der Waals surface area contributed by atoms with E-state index in [-0.39, 0.29) is 5.91 Å². The maximum atomic E-state index is 12.7. The van der Waals surface area contributed by atoms with Crippen molar-refractivity contribution in [2.24, 2.45) is 5.10 Å². The highest BCUT2D eigenvalue weighted by molar-refractivity contribution is 6.06. The van der Waals surface area contributed by atoms with Crippen LogP contribution in [0.4, 0.5) is 0 Å². The van der Waals surface area contributed by atoms with Crippen LogP contribution in [0, 0.1) is 0 Å². The predicted octanol–water partition coefficient (Wildman–Crippen LogP) is 3.96. The molecule has 5 heteroatoms. The number of fused-ring (bicyclic) bond motifs is 1. The summed E-state index contributed by atoms with van der Waals surface area (Å²) in [5.41, 5.74) is 5.70. The van der Waals surface area contributed by atoms with Gasteiger partial charge in [-0.15, -0.1) is 0 Å². The molecule has 0 fully saturated rings. The number of methoxy groups -OCH3 is 1. The zero-order chi connectivity index (χ0) is 18.4. The van der Waals surface area contributed by atoms with Crippen LogP contribution in [-0.2, 0) is 6.42 Å². The lowest BCUT2D eigenvalue weighted by Gasteiger charge is -2.08. The van der Waals surface area contributed by atoms with E-state index in [1.807, 2.05) is 54.6 Å². The van der Waals surface area contributed by atoms with Crippen molar-refractivity contribution in [3.8, 4) is 5.75 Å². The topological polar surface area (TPSA) is 63.6 Å². The summed E-state index contributed by atoms with van der Waals surface area (Å²) in [5.74, 6) is 0.442. The summed E-state index contributed by atoms with van der Waals surface area (Å²) in [6.07, 6.45) is 3.38. The van der Waals surface area contributed by atoms with Gasteiger partial charge in [-0.3, -0.25) is 9.78 Å². The lowest BCUT2D eigenvalue weighted by atomic mass is 10.1. The van der Waals surface area contributed by atoms with Gasteiger partial charge in [0.2, 0.25) is 0 Å². The van der Waals surface area contributed by atoms with Crippen molar-refractivity contribution in [2.45, 2.75) is 19.8 Å². The third-order valence-corrected chi connectivity index (χ3v) is 4.03. The van der Waals surface area contributed by atoms with Gasteiger partial charge >= 0.3 is 0 Å². The van der Waals surface area contributed by atoms with Crippen molar-refractivity contribution in [1.29, 1.82) is 0 Å². The van der Waals surface area contributed by atoms with E-state index < -0.39 is 0 Å². The number of hydrogen-bond donors (Lipinski definition) is 1. The van der Waals surface area contributed by atoms with Gasteiger partial charge < -0.3 is 4.74 Å². The first-order chi connectivity index (χ1) is 12.7. The molecule has 0 bridgehead atoms. The molecule has 3 aromatic rings. The van der Waals surface area contributed by atoms with Crippen molar-refractivity contribution in [3.05, 3.63) is 71.4 Å². The molecular formula is C21H21N3O2. The minimum Gasteiger partial charge on any atom is -0.496 e. The van der Waals surface area contributed by atoms with E-state index in [9.17, 15) is 4.79 Å². The van der Waals surface area contributed by atoms with Crippen LogP contribution in [0.3, 0.4) is 0 Å². The first-order valence-electron chi connectivity index (χ1n) is 8.58. The molecule has 132 valence electrons. The first-order valence-corrected chi connectivity index (χ1v) is 8.58. The number of carbonyl (C=O) groups excluding carboxylic acids is 1. The van der Waals surface area contributed by atoms with Crippen molar-refractivity contribution < 1.29 is 9.53 Å². The third kappa shape index (κ3) is 3.88. The van der Waals surface area contributed by atoms with Crippen LogP contribution in [0.1, 0.15) is 35.0 Å². The number of aryl methyl sites for hydroxylation is 1. The first kappa shape index (κ1) is 17.6. The van der Waals surface area contributed by atoms with Gasteiger partial charge in [0.05, 0.1) is 24.4 Å². The molecule has 26 heavy (non-hydrogen) atoms. The second kappa shape index (κ2) is 8.25. The monoisotopic (exact) mass is 347 g/mol. The number of carbonyl (C=O) groups is 1. The van der Waals surface area contributed by atoms with Crippen LogP contribution in [0.2, 0.25) is 0 Å². The lowest BCUT2D eigenvalue weighted by Crippen LogP contribution is -2.18. The number of hydrogen-bond acceptors (Lipinski definition) is 4. The summed E-state index contributed by atoms with van der Waals surface area (Å²) in [4.78, 5) is 17.3. The van der Waals surface area contributed by atoms with Crippen LogP contribution in [-0.4, -0.2) is 24.2 Å². The second-order valence-electron chi connectivity index (χ2n) is 5.87. The van der Waals surface area contributed by atoms with Gasteiger partial charge in [-0.2, -0.15) is 5.10 Å². The highest BCUT2D eigenvalue weighted by Crippen LogP contribution is 2.19. The van der Waals surface area contributed by atoms with Crippen LogP contribution in [0.5, 0.6) is 5.75 Å². The Morgan fingerprint density at radius 3 is 2.77 bits per heavy atom. The fraction of sp³-hybridized carbons (Fsp3) is 0.190. The van der Waals surface area contributed by atoms with E-state index in [1.54, 1.807) is 13.3 Å². The summed E-state index contributed by atoms with van der Waals surface area (Å²) < 4.78 is 5.28. The van der Waals surface area contributed by atoms with Crippen molar-refractivity contribution in [2.75, 3.05) is 7.11 Å². The predicted molar refractivity (Wildman–Crippen MR) is 104 cm³/mol. The van der Waals surface area contributed by atoms with Gasteiger partial charge in [-0.1, -0.05) is 43.7 Å². The maximum Gasteiger partial charge on any atom is 0.272 e. The van der Waals surface area contributed by atoms with Gasteiger partial charge in [0, 0.05) is 16.6 Å². The van der Waals surface area contributed by atoms with E-state index in [1.165, 1.54) is 0 Å². The van der Waals surface area contributed by atoms with Gasteiger partial charge in [0.25, 0.3) is 5.91 Å². The van der Waals surface area contributed by atoms with Crippen LogP contribution < -0.4 is 10.2 Å². The second-order valence-corrected chi connectivity index (χ2v) is 5.87. The van der Waals surface area contributed by atoms with Crippen molar-refractivity contribution in [3.63, 3.8) is 0 Å². The lowest BCUT2D eigenvalue weighted by molar-refractivity contribution is 0.0956. The molecular weight excluding hydrogens is 326 g/mol. The Labute approximate surface area is 152 Å². The molecule has 1 N–H and O–H groups in total. The van der Waals surface area contributed by atoms with E-state index in [4.69, 9.17) is 4.74 Å². The van der Waals surface area contributed by atoms with Crippen LogP contribution in [0.15, 0.2) is 59.7 Å². The minimum atomic E-state index is -0.257. The van der Waals surface area contributed by atoms with Gasteiger partial charge in [0.15, 0.2) is 0 Å². The molecule has 5 nitrogen and oxygen atoms in total. The molecule has 2 aromatic carbocycles. The normalized spacial score (nSPS) is 11.0. The molecule has 0 saturated heterocycles. The number of nitrogens with one attached hydrogen (secondary N) is 1. The molecule has 1 amide bonds. The van der Waals surface area contributed by atoms with Crippen molar-refractivity contribution in [1.82, 2.24) is 10.4 Å². The summed E-state index contributed by atoms with van der Waals surface area (Å²) in [5, 5.41) is 4.90. The summed E-state index contributed by atoms with van der Waals surface area (Å²) >= 11 is 0. The van der Waals surface area contributed by atoms with Gasteiger partial charge in [0.1, 0.15) is 5.75 Å². The summed E-state index contributed by atoms with van der Waals surface area (Å²) in [6.45, 7) is 2.09.